The lowest BCUT2D eigenvalue weighted by atomic mass is 9.74. The summed E-state index contributed by atoms with van der Waals surface area (Å²) in [5, 5.41) is 2.96. The van der Waals surface area contributed by atoms with Crippen molar-refractivity contribution in [3.63, 3.8) is 0 Å². The first-order chi connectivity index (χ1) is 11.1. The largest absolute Gasteiger partial charge is 0.371 e. The predicted molar refractivity (Wildman–Crippen MR) is 91.9 cm³/mol. The highest BCUT2D eigenvalue weighted by molar-refractivity contribution is 6.05. The van der Waals surface area contributed by atoms with Crippen molar-refractivity contribution in [1.29, 1.82) is 0 Å². The molecule has 4 heteroatoms. The summed E-state index contributed by atoms with van der Waals surface area (Å²) in [6.45, 7) is 6.07. The summed E-state index contributed by atoms with van der Waals surface area (Å²) in [4.78, 5) is 19.3. The first-order valence-corrected chi connectivity index (χ1v) is 8.19. The molecule has 1 aromatic carbocycles. The van der Waals surface area contributed by atoms with Gasteiger partial charge in [-0.15, -0.1) is 0 Å². The van der Waals surface area contributed by atoms with Crippen LogP contribution in [0.1, 0.15) is 29.5 Å². The maximum Gasteiger partial charge on any atom is 0.236 e. The summed E-state index contributed by atoms with van der Waals surface area (Å²) in [5.74, 6) is 0.864. The van der Waals surface area contributed by atoms with E-state index in [0.29, 0.717) is 0 Å². The summed E-state index contributed by atoms with van der Waals surface area (Å²) < 4.78 is 0. The van der Waals surface area contributed by atoms with Crippen molar-refractivity contribution in [3.05, 3.63) is 53.2 Å². The Labute approximate surface area is 136 Å². The molecule has 0 radical (unpaired) electrons. The topological polar surface area (TPSA) is 45.2 Å². The number of hydrogen-bond acceptors (Lipinski definition) is 3. The van der Waals surface area contributed by atoms with E-state index in [2.05, 4.69) is 47.2 Å². The normalized spacial score (nSPS) is 18.9. The number of piperidine rings is 1. The van der Waals surface area contributed by atoms with Crippen LogP contribution < -0.4 is 10.2 Å². The van der Waals surface area contributed by atoms with E-state index in [1.54, 1.807) is 6.20 Å². The predicted octanol–water partition coefficient (Wildman–Crippen LogP) is 3.19. The Morgan fingerprint density at radius 2 is 1.91 bits per heavy atom. The van der Waals surface area contributed by atoms with Crippen molar-refractivity contribution in [2.45, 2.75) is 32.1 Å². The standard InChI is InChI=1S/C19H21N3O/c1-13-5-6-15(12-14(13)2)22-10-7-19(8-11-22)16-4-3-9-20-17(16)21-18(19)23/h3-6,9,12H,7-8,10-11H2,1-2H3,(H,20,21,23). The summed E-state index contributed by atoms with van der Waals surface area (Å²) in [6, 6.07) is 10.6. The Morgan fingerprint density at radius 1 is 1.13 bits per heavy atom. The zero-order valence-corrected chi connectivity index (χ0v) is 13.6. The molecule has 1 saturated heterocycles. The van der Waals surface area contributed by atoms with Crippen LogP contribution in [0.2, 0.25) is 0 Å². The number of carbonyl (C=O) groups is 1. The molecular formula is C19H21N3O. The molecule has 2 aromatic rings. The van der Waals surface area contributed by atoms with Crippen molar-refractivity contribution < 1.29 is 4.79 Å². The van der Waals surface area contributed by atoms with Crippen LogP contribution in [-0.4, -0.2) is 24.0 Å². The first-order valence-electron chi connectivity index (χ1n) is 8.19. The molecule has 1 amide bonds. The summed E-state index contributed by atoms with van der Waals surface area (Å²) >= 11 is 0. The van der Waals surface area contributed by atoms with Gasteiger partial charge in [-0.2, -0.15) is 0 Å². The fraction of sp³-hybridized carbons (Fsp3) is 0.368. The molecule has 23 heavy (non-hydrogen) atoms. The van der Waals surface area contributed by atoms with Crippen LogP contribution >= 0.6 is 0 Å². The van der Waals surface area contributed by atoms with Crippen molar-refractivity contribution >= 4 is 17.4 Å². The molecule has 0 bridgehead atoms. The molecule has 1 spiro atoms. The van der Waals surface area contributed by atoms with Crippen LogP contribution in [0.3, 0.4) is 0 Å². The average Bonchev–Trinajstić information content (AvgIpc) is 2.83. The highest BCUT2D eigenvalue weighted by atomic mass is 16.2. The molecule has 1 aromatic heterocycles. The fourth-order valence-electron chi connectivity index (χ4n) is 3.81. The second kappa shape index (κ2) is 5.08. The highest BCUT2D eigenvalue weighted by Gasteiger charge is 2.48. The van der Waals surface area contributed by atoms with E-state index in [0.717, 1.165) is 37.3 Å². The Bertz CT molecular complexity index is 776. The lowest BCUT2D eigenvalue weighted by Crippen LogP contribution is -2.46. The molecule has 0 saturated carbocycles. The maximum atomic E-state index is 12.6. The average molecular weight is 307 g/mol. The summed E-state index contributed by atoms with van der Waals surface area (Å²) in [7, 11) is 0. The molecule has 4 nitrogen and oxygen atoms in total. The summed E-state index contributed by atoms with van der Waals surface area (Å²) in [6.07, 6.45) is 3.41. The molecule has 4 rings (SSSR count). The van der Waals surface area contributed by atoms with E-state index in [9.17, 15) is 4.79 Å². The third kappa shape index (κ3) is 2.12. The van der Waals surface area contributed by atoms with Gasteiger partial charge in [0.15, 0.2) is 0 Å². The number of hydrogen-bond donors (Lipinski definition) is 1. The van der Waals surface area contributed by atoms with Gasteiger partial charge in [-0.3, -0.25) is 4.79 Å². The van der Waals surface area contributed by atoms with Crippen LogP contribution in [-0.2, 0) is 10.2 Å². The number of fused-ring (bicyclic) bond motifs is 2. The SMILES string of the molecule is Cc1ccc(N2CCC3(CC2)C(=O)Nc2ncccc23)cc1C. The van der Waals surface area contributed by atoms with Crippen molar-refractivity contribution in [2.24, 2.45) is 0 Å². The number of aromatic nitrogens is 1. The molecule has 0 unspecified atom stereocenters. The molecule has 0 atom stereocenters. The third-order valence-electron chi connectivity index (χ3n) is 5.46. The van der Waals surface area contributed by atoms with E-state index < -0.39 is 0 Å². The minimum Gasteiger partial charge on any atom is -0.371 e. The Morgan fingerprint density at radius 3 is 2.65 bits per heavy atom. The van der Waals surface area contributed by atoms with Crippen LogP contribution in [0, 0.1) is 13.8 Å². The number of carbonyl (C=O) groups excluding carboxylic acids is 1. The number of pyridine rings is 1. The molecule has 3 heterocycles. The molecule has 1 N–H and O–H groups in total. The number of amides is 1. The van der Waals surface area contributed by atoms with Gasteiger partial charge in [-0.1, -0.05) is 12.1 Å². The second-order valence-corrected chi connectivity index (χ2v) is 6.69. The van der Waals surface area contributed by atoms with Crippen LogP contribution in [0.4, 0.5) is 11.5 Å². The van der Waals surface area contributed by atoms with Crippen molar-refractivity contribution in [3.8, 4) is 0 Å². The Balaban J connectivity index is 1.59. The number of rotatable bonds is 1. The van der Waals surface area contributed by atoms with E-state index in [4.69, 9.17) is 0 Å². The monoisotopic (exact) mass is 307 g/mol. The van der Waals surface area contributed by atoms with Gasteiger partial charge in [0.05, 0.1) is 5.41 Å². The zero-order valence-electron chi connectivity index (χ0n) is 13.6. The number of nitrogens with one attached hydrogen (secondary N) is 1. The van der Waals surface area contributed by atoms with Gasteiger partial charge in [-0.25, -0.2) is 4.98 Å². The van der Waals surface area contributed by atoms with Crippen molar-refractivity contribution in [1.82, 2.24) is 4.98 Å². The van der Waals surface area contributed by atoms with E-state index in [1.807, 2.05) is 12.1 Å². The Kier molecular flexibility index (Phi) is 3.15. The van der Waals surface area contributed by atoms with Crippen LogP contribution in [0.25, 0.3) is 0 Å². The molecule has 2 aliphatic heterocycles. The Hall–Kier alpha value is -2.36. The molecule has 118 valence electrons. The molecule has 0 aliphatic carbocycles. The first kappa shape index (κ1) is 14.2. The quantitative estimate of drug-likeness (QED) is 0.880. The van der Waals surface area contributed by atoms with Gasteiger partial charge in [0.2, 0.25) is 5.91 Å². The minimum absolute atomic E-state index is 0.117. The lowest BCUT2D eigenvalue weighted by molar-refractivity contribution is -0.121. The van der Waals surface area contributed by atoms with E-state index in [-0.39, 0.29) is 11.3 Å². The van der Waals surface area contributed by atoms with Gasteiger partial charge in [0, 0.05) is 30.5 Å². The van der Waals surface area contributed by atoms with Gasteiger partial charge in [0.1, 0.15) is 5.82 Å². The van der Waals surface area contributed by atoms with Gasteiger partial charge in [-0.05, 0) is 56.0 Å². The van der Waals surface area contributed by atoms with E-state index >= 15 is 0 Å². The van der Waals surface area contributed by atoms with Gasteiger partial charge < -0.3 is 10.2 Å². The maximum absolute atomic E-state index is 12.6. The van der Waals surface area contributed by atoms with Crippen molar-refractivity contribution in [2.75, 3.05) is 23.3 Å². The zero-order chi connectivity index (χ0) is 16.0. The fourth-order valence-corrected chi connectivity index (χ4v) is 3.81. The number of benzene rings is 1. The third-order valence-corrected chi connectivity index (χ3v) is 5.46. The number of anilines is 2. The van der Waals surface area contributed by atoms with Crippen LogP contribution in [0.15, 0.2) is 36.5 Å². The molecular weight excluding hydrogens is 286 g/mol. The van der Waals surface area contributed by atoms with E-state index in [1.165, 1.54) is 16.8 Å². The molecule has 2 aliphatic rings. The lowest BCUT2D eigenvalue weighted by Gasteiger charge is -2.39. The molecule has 1 fully saturated rings. The van der Waals surface area contributed by atoms with Gasteiger partial charge in [0.25, 0.3) is 0 Å². The second-order valence-electron chi connectivity index (χ2n) is 6.69. The van der Waals surface area contributed by atoms with Crippen LogP contribution in [0.5, 0.6) is 0 Å². The van der Waals surface area contributed by atoms with Gasteiger partial charge >= 0.3 is 0 Å². The minimum atomic E-state index is -0.389. The number of nitrogens with zero attached hydrogens (tertiary/aromatic N) is 2. The number of aryl methyl sites for hydroxylation is 2. The summed E-state index contributed by atoms with van der Waals surface area (Å²) in [5.41, 5.74) is 4.57. The smallest absolute Gasteiger partial charge is 0.236 e. The highest BCUT2D eigenvalue weighted by Crippen LogP contribution is 2.44.